The van der Waals surface area contributed by atoms with Crippen LogP contribution in [0.3, 0.4) is 0 Å². The Balaban J connectivity index is 1.89. The highest BCUT2D eigenvalue weighted by Crippen LogP contribution is 2.43. The maximum absolute atomic E-state index is 12.1. The van der Waals surface area contributed by atoms with Gasteiger partial charge >= 0.3 is 0 Å². The van der Waals surface area contributed by atoms with Crippen molar-refractivity contribution >= 4 is 5.91 Å². The number of carbonyl (C=O) groups excluding carboxylic acids is 1. The standard InChI is InChI=1S/C12H22N2O/c1-2-14(10-4-5-10)11(15)8-12(9-13)6-3-7-12/h10H,2-9,13H2,1H3. The molecule has 2 rings (SSSR count). The Kier molecular flexibility index (Phi) is 3.01. The first-order chi connectivity index (χ1) is 7.21. The number of rotatable bonds is 5. The number of hydrogen-bond acceptors (Lipinski definition) is 2. The fourth-order valence-corrected chi connectivity index (χ4v) is 2.58. The molecular formula is C12H22N2O. The van der Waals surface area contributed by atoms with Gasteiger partial charge in [0.05, 0.1) is 0 Å². The van der Waals surface area contributed by atoms with Gasteiger partial charge in [-0.25, -0.2) is 0 Å². The fraction of sp³-hybridized carbons (Fsp3) is 0.917. The Morgan fingerprint density at radius 2 is 2.13 bits per heavy atom. The van der Waals surface area contributed by atoms with Gasteiger partial charge in [0.1, 0.15) is 0 Å². The third kappa shape index (κ3) is 2.17. The van der Waals surface area contributed by atoms with Crippen molar-refractivity contribution in [3.8, 4) is 0 Å². The van der Waals surface area contributed by atoms with Crippen LogP contribution < -0.4 is 5.73 Å². The monoisotopic (exact) mass is 210 g/mol. The van der Waals surface area contributed by atoms with Gasteiger partial charge < -0.3 is 10.6 Å². The SMILES string of the molecule is CCN(C(=O)CC1(CN)CCC1)C1CC1. The zero-order chi connectivity index (χ0) is 10.9. The first-order valence-corrected chi connectivity index (χ1v) is 6.20. The van der Waals surface area contributed by atoms with Crippen molar-refractivity contribution in [2.24, 2.45) is 11.1 Å². The van der Waals surface area contributed by atoms with E-state index >= 15 is 0 Å². The van der Waals surface area contributed by atoms with Crippen LogP contribution in [0, 0.1) is 5.41 Å². The van der Waals surface area contributed by atoms with E-state index in [0.29, 0.717) is 24.9 Å². The maximum Gasteiger partial charge on any atom is 0.223 e. The van der Waals surface area contributed by atoms with Crippen molar-refractivity contribution < 1.29 is 4.79 Å². The number of amides is 1. The predicted octanol–water partition coefficient (Wildman–Crippen LogP) is 1.52. The predicted molar refractivity (Wildman–Crippen MR) is 60.4 cm³/mol. The van der Waals surface area contributed by atoms with Crippen LogP contribution in [0.15, 0.2) is 0 Å². The van der Waals surface area contributed by atoms with Crippen LogP contribution in [0.1, 0.15) is 45.4 Å². The molecule has 15 heavy (non-hydrogen) atoms. The van der Waals surface area contributed by atoms with Crippen LogP contribution in [-0.4, -0.2) is 29.9 Å². The molecule has 0 aromatic heterocycles. The van der Waals surface area contributed by atoms with Gasteiger partial charge in [0.2, 0.25) is 5.91 Å². The summed E-state index contributed by atoms with van der Waals surface area (Å²) in [7, 11) is 0. The summed E-state index contributed by atoms with van der Waals surface area (Å²) in [6.45, 7) is 3.62. The molecule has 0 radical (unpaired) electrons. The summed E-state index contributed by atoms with van der Waals surface area (Å²) in [5.41, 5.74) is 5.95. The largest absolute Gasteiger partial charge is 0.340 e. The summed E-state index contributed by atoms with van der Waals surface area (Å²) in [5, 5.41) is 0. The minimum atomic E-state index is 0.166. The summed E-state index contributed by atoms with van der Waals surface area (Å²) in [6.07, 6.45) is 6.65. The van der Waals surface area contributed by atoms with Gasteiger partial charge in [0.25, 0.3) is 0 Å². The van der Waals surface area contributed by atoms with E-state index < -0.39 is 0 Å². The van der Waals surface area contributed by atoms with Crippen molar-refractivity contribution in [2.75, 3.05) is 13.1 Å². The van der Waals surface area contributed by atoms with E-state index in [-0.39, 0.29) is 5.41 Å². The van der Waals surface area contributed by atoms with Gasteiger partial charge in [-0.15, -0.1) is 0 Å². The highest BCUT2D eigenvalue weighted by molar-refractivity contribution is 5.77. The molecule has 0 spiro atoms. The molecule has 2 saturated carbocycles. The van der Waals surface area contributed by atoms with Gasteiger partial charge in [-0.05, 0) is 44.6 Å². The van der Waals surface area contributed by atoms with Crippen LogP contribution in [0.2, 0.25) is 0 Å². The lowest BCUT2D eigenvalue weighted by molar-refractivity contribution is -0.135. The number of hydrogen-bond donors (Lipinski definition) is 1. The molecule has 3 nitrogen and oxygen atoms in total. The van der Waals surface area contributed by atoms with E-state index in [4.69, 9.17) is 5.73 Å². The van der Waals surface area contributed by atoms with Gasteiger partial charge in [0, 0.05) is 19.0 Å². The minimum absolute atomic E-state index is 0.166. The van der Waals surface area contributed by atoms with Crippen LogP contribution in [0.25, 0.3) is 0 Å². The molecule has 0 aromatic carbocycles. The maximum atomic E-state index is 12.1. The molecular weight excluding hydrogens is 188 g/mol. The zero-order valence-corrected chi connectivity index (χ0v) is 9.67. The summed E-state index contributed by atoms with van der Waals surface area (Å²) >= 11 is 0. The Labute approximate surface area is 92.0 Å². The Morgan fingerprint density at radius 3 is 2.47 bits per heavy atom. The highest BCUT2D eigenvalue weighted by Gasteiger charge is 2.40. The molecule has 0 aromatic rings. The molecule has 3 heteroatoms. The smallest absolute Gasteiger partial charge is 0.223 e. The lowest BCUT2D eigenvalue weighted by atomic mass is 9.66. The van der Waals surface area contributed by atoms with Gasteiger partial charge in [0.15, 0.2) is 0 Å². The third-order valence-electron chi connectivity index (χ3n) is 4.02. The van der Waals surface area contributed by atoms with Gasteiger partial charge in [-0.1, -0.05) is 6.42 Å². The third-order valence-corrected chi connectivity index (χ3v) is 4.02. The first kappa shape index (κ1) is 10.9. The van der Waals surface area contributed by atoms with Crippen LogP contribution in [0.4, 0.5) is 0 Å². The Morgan fingerprint density at radius 1 is 1.47 bits per heavy atom. The summed E-state index contributed by atoms with van der Waals surface area (Å²) in [5.74, 6) is 0.338. The molecule has 0 atom stereocenters. The van der Waals surface area contributed by atoms with Crippen LogP contribution in [0.5, 0.6) is 0 Å². The molecule has 2 N–H and O–H groups in total. The van der Waals surface area contributed by atoms with Crippen LogP contribution in [-0.2, 0) is 4.79 Å². The average Bonchev–Trinajstić information content (AvgIpc) is 2.96. The van der Waals surface area contributed by atoms with E-state index in [0.717, 1.165) is 19.4 Å². The van der Waals surface area contributed by atoms with Gasteiger partial charge in [-0.2, -0.15) is 0 Å². The van der Waals surface area contributed by atoms with E-state index in [9.17, 15) is 4.79 Å². The van der Waals surface area contributed by atoms with Crippen molar-refractivity contribution in [1.29, 1.82) is 0 Å². The summed E-state index contributed by atoms with van der Waals surface area (Å²) in [4.78, 5) is 14.1. The first-order valence-electron chi connectivity index (χ1n) is 6.20. The number of nitrogens with zero attached hydrogens (tertiary/aromatic N) is 1. The minimum Gasteiger partial charge on any atom is -0.340 e. The zero-order valence-electron chi connectivity index (χ0n) is 9.67. The van der Waals surface area contributed by atoms with Crippen molar-refractivity contribution in [3.63, 3.8) is 0 Å². The quantitative estimate of drug-likeness (QED) is 0.747. The average molecular weight is 210 g/mol. The molecule has 0 bridgehead atoms. The second-order valence-corrected chi connectivity index (χ2v) is 5.15. The van der Waals surface area contributed by atoms with Crippen molar-refractivity contribution in [1.82, 2.24) is 4.90 Å². The van der Waals surface area contributed by atoms with Crippen molar-refractivity contribution in [2.45, 2.75) is 51.5 Å². The van der Waals surface area contributed by atoms with E-state index in [1.54, 1.807) is 0 Å². The number of carbonyl (C=O) groups is 1. The molecule has 1 amide bonds. The lowest BCUT2D eigenvalue weighted by Gasteiger charge is -2.41. The molecule has 0 heterocycles. The topological polar surface area (TPSA) is 46.3 Å². The normalized spacial score (nSPS) is 23.3. The Bertz CT molecular complexity index is 238. The fourth-order valence-electron chi connectivity index (χ4n) is 2.58. The molecule has 86 valence electrons. The number of nitrogens with two attached hydrogens (primary N) is 1. The molecule has 0 aliphatic heterocycles. The molecule has 0 unspecified atom stereocenters. The van der Waals surface area contributed by atoms with Crippen molar-refractivity contribution in [3.05, 3.63) is 0 Å². The summed E-state index contributed by atoms with van der Waals surface area (Å²) < 4.78 is 0. The molecule has 2 aliphatic rings. The molecule has 2 aliphatic carbocycles. The molecule has 0 saturated heterocycles. The van der Waals surface area contributed by atoms with E-state index in [1.807, 2.05) is 0 Å². The molecule has 2 fully saturated rings. The Hall–Kier alpha value is -0.570. The second-order valence-electron chi connectivity index (χ2n) is 5.15. The van der Waals surface area contributed by atoms with E-state index in [1.165, 1.54) is 19.3 Å². The highest BCUT2D eigenvalue weighted by atomic mass is 16.2. The second kappa shape index (κ2) is 4.12. The lowest BCUT2D eigenvalue weighted by Crippen LogP contribution is -2.43. The van der Waals surface area contributed by atoms with Crippen LogP contribution >= 0.6 is 0 Å². The van der Waals surface area contributed by atoms with E-state index in [2.05, 4.69) is 11.8 Å². The van der Waals surface area contributed by atoms with Gasteiger partial charge in [-0.3, -0.25) is 4.79 Å². The summed E-state index contributed by atoms with van der Waals surface area (Å²) in [6, 6.07) is 0.553.